The van der Waals surface area contributed by atoms with E-state index in [0.29, 0.717) is 16.9 Å². The molecule has 0 N–H and O–H groups in total. The van der Waals surface area contributed by atoms with Crippen LogP contribution in [0.1, 0.15) is 17.2 Å². The van der Waals surface area contributed by atoms with Crippen LogP contribution in [0.4, 0.5) is 11.4 Å². The molecule has 2 saturated heterocycles. The number of hydrogen-bond donors (Lipinski definition) is 0. The van der Waals surface area contributed by atoms with E-state index in [9.17, 15) is 18.0 Å². The molecule has 39 heavy (non-hydrogen) atoms. The Kier molecular flexibility index (Phi) is 6.17. The monoisotopic (exact) mass is 540 g/mol. The minimum absolute atomic E-state index is 0.00184. The van der Waals surface area contributed by atoms with Crippen LogP contribution in [0.3, 0.4) is 0 Å². The molecule has 0 aliphatic carbocycles. The number of amides is 2. The molecule has 8 nitrogen and oxygen atoms in total. The van der Waals surface area contributed by atoms with Crippen molar-refractivity contribution in [3.8, 4) is 5.75 Å². The van der Waals surface area contributed by atoms with Gasteiger partial charge in [-0.15, -0.1) is 0 Å². The fraction of sp³-hybridized carbons (Fsp3) is 0.133. The van der Waals surface area contributed by atoms with Crippen molar-refractivity contribution < 1.29 is 27.0 Å². The number of imide groups is 1. The van der Waals surface area contributed by atoms with Crippen LogP contribution in [0.25, 0.3) is 0 Å². The highest BCUT2D eigenvalue weighted by Gasteiger charge is 2.60. The fourth-order valence-electron chi connectivity index (χ4n) is 5.10. The third kappa shape index (κ3) is 4.35. The Labute approximate surface area is 226 Å². The standard InChI is InChI=1S/C30H24N2O6S/c1-20-11-10-14-22(19-20)31-29(33)26-27(32(37-28(26)30(31)34)21-12-4-2-5-13-21)24-17-8-9-18-25(24)38-39(35,36)23-15-6-3-7-16-23/h2-19,26-28H,1H3/t26-,27+,28-/m0/s1. The van der Waals surface area contributed by atoms with E-state index >= 15 is 0 Å². The number of rotatable bonds is 6. The van der Waals surface area contributed by atoms with E-state index in [0.717, 1.165) is 10.5 Å². The second-order valence-corrected chi connectivity index (χ2v) is 10.9. The molecule has 4 aromatic rings. The van der Waals surface area contributed by atoms with Gasteiger partial charge >= 0.3 is 10.1 Å². The van der Waals surface area contributed by atoms with Gasteiger partial charge < -0.3 is 4.18 Å². The maximum Gasteiger partial charge on any atom is 0.339 e. The molecule has 0 spiro atoms. The zero-order valence-electron chi connectivity index (χ0n) is 20.9. The molecule has 0 saturated carbocycles. The number of anilines is 2. The van der Waals surface area contributed by atoms with Crippen molar-refractivity contribution in [3.05, 3.63) is 120 Å². The third-order valence-electron chi connectivity index (χ3n) is 6.85. The van der Waals surface area contributed by atoms with Crippen molar-refractivity contribution in [1.29, 1.82) is 0 Å². The molecule has 196 valence electrons. The summed E-state index contributed by atoms with van der Waals surface area (Å²) in [6.07, 6.45) is -1.10. The first-order chi connectivity index (χ1) is 18.8. The Morgan fingerprint density at radius 3 is 2.10 bits per heavy atom. The Balaban J connectivity index is 1.45. The zero-order chi connectivity index (χ0) is 27.1. The van der Waals surface area contributed by atoms with Crippen LogP contribution in [0.5, 0.6) is 5.75 Å². The SMILES string of the molecule is Cc1cccc(N2C(=O)[C@@H]3[C@H](ON(c4ccccc4)[C@@H]3c3ccccc3OS(=O)(=O)c3ccccc3)C2=O)c1. The van der Waals surface area contributed by atoms with Gasteiger partial charge in [-0.3, -0.25) is 14.4 Å². The maximum absolute atomic E-state index is 13.9. The average Bonchev–Trinajstić information content (AvgIpc) is 3.45. The third-order valence-corrected chi connectivity index (χ3v) is 8.10. The van der Waals surface area contributed by atoms with Gasteiger partial charge in [0, 0.05) is 5.56 Å². The van der Waals surface area contributed by atoms with E-state index in [1.165, 1.54) is 23.3 Å². The van der Waals surface area contributed by atoms with Crippen LogP contribution in [0.2, 0.25) is 0 Å². The van der Waals surface area contributed by atoms with Crippen molar-refractivity contribution in [1.82, 2.24) is 0 Å². The lowest BCUT2D eigenvalue weighted by Gasteiger charge is -2.29. The van der Waals surface area contributed by atoms with E-state index < -0.39 is 40.0 Å². The second-order valence-electron chi connectivity index (χ2n) is 9.40. The molecule has 0 aromatic heterocycles. The Bertz CT molecular complexity index is 1660. The normalized spacial score (nSPS) is 20.8. The molecule has 0 unspecified atom stereocenters. The Morgan fingerprint density at radius 2 is 1.38 bits per heavy atom. The molecular weight excluding hydrogens is 516 g/mol. The van der Waals surface area contributed by atoms with Crippen molar-refractivity contribution >= 4 is 33.3 Å². The van der Waals surface area contributed by atoms with Gasteiger partial charge in [0.05, 0.1) is 17.4 Å². The molecular formula is C30H24N2O6S. The van der Waals surface area contributed by atoms with Gasteiger partial charge in [-0.05, 0) is 55.0 Å². The molecule has 2 aliphatic rings. The first-order valence-electron chi connectivity index (χ1n) is 12.4. The lowest BCUT2D eigenvalue weighted by Crippen LogP contribution is -2.37. The van der Waals surface area contributed by atoms with Crippen LogP contribution >= 0.6 is 0 Å². The minimum atomic E-state index is -4.17. The lowest BCUT2D eigenvalue weighted by atomic mass is 9.90. The average molecular weight is 541 g/mol. The van der Waals surface area contributed by atoms with Gasteiger partial charge in [0.1, 0.15) is 16.6 Å². The second kappa shape index (κ2) is 9.68. The highest BCUT2D eigenvalue weighted by atomic mass is 32.2. The predicted molar refractivity (Wildman–Crippen MR) is 144 cm³/mol. The Morgan fingerprint density at radius 1 is 0.744 bits per heavy atom. The zero-order valence-corrected chi connectivity index (χ0v) is 21.7. The molecule has 6 rings (SSSR count). The molecule has 2 fully saturated rings. The predicted octanol–water partition coefficient (Wildman–Crippen LogP) is 4.81. The fourth-order valence-corrected chi connectivity index (χ4v) is 6.08. The van der Waals surface area contributed by atoms with Crippen LogP contribution in [-0.2, 0) is 24.5 Å². The molecule has 0 radical (unpaired) electrons. The number of aryl methyl sites for hydroxylation is 1. The molecule has 2 amide bonds. The van der Waals surface area contributed by atoms with E-state index in [2.05, 4.69) is 0 Å². The van der Waals surface area contributed by atoms with Crippen molar-refractivity contribution in [2.45, 2.75) is 24.0 Å². The van der Waals surface area contributed by atoms with Gasteiger partial charge in [-0.2, -0.15) is 8.42 Å². The summed E-state index contributed by atoms with van der Waals surface area (Å²) in [5.41, 5.74) is 2.38. The van der Waals surface area contributed by atoms with Crippen molar-refractivity contribution in [2.24, 2.45) is 5.92 Å². The summed E-state index contributed by atoms with van der Waals surface area (Å²) in [5, 5.41) is 1.51. The number of benzene rings is 4. The number of para-hydroxylation sites is 2. The van der Waals surface area contributed by atoms with Crippen LogP contribution in [0.15, 0.2) is 114 Å². The number of hydrogen-bond acceptors (Lipinski definition) is 7. The molecule has 3 atom stereocenters. The van der Waals surface area contributed by atoms with Gasteiger partial charge in [-0.25, -0.2) is 9.96 Å². The van der Waals surface area contributed by atoms with Crippen molar-refractivity contribution in [3.63, 3.8) is 0 Å². The summed E-state index contributed by atoms with van der Waals surface area (Å²) < 4.78 is 31.9. The van der Waals surface area contributed by atoms with E-state index in [1.54, 1.807) is 66.7 Å². The molecule has 4 aromatic carbocycles. The molecule has 0 bridgehead atoms. The smallest absolute Gasteiger partial charge is 0.339 e. The first kappa shape index (κ1) is 24.8. The first-order valence-corrected chi connectivity index (χ1v) is 13.8. The minimum Gasteiger partial charge on any atom is -0.379 e. The summed E-state index contributed by atoms with van der Waals surface area (Å²) >= 11 is 0. The van der Waals surface area contributed by atoms with Gasteiger partial charge in [-0.1, -0.05) is 66.7 Å². The summed E-state index contributed by atoms with van der Waals surface area (Å²) in [7, 11) is -4.17. The lowest BCUT2D eigenvalue weighted by molar-refractivity contribution is -0.126. The van der Waals surface area contributed by atoms with Gasteiger partial charge in [0.25, 0.3) is 5.91 Å². The molecule has 2 aliphatic heterocycles. The van der Waals surface area contributed by atoms with E-state index in [-0.39, 0.29) is 10.6 Å². The maximum atomic E-state index is 13.9. The number of fused-ring (bicyclic) bond motifs is 1. The highest BCUT2D eigenvalue weighted by Crippen LogP contribution is 2.49. The summed E-state index contributed by atoms with van der Waals surface area (Å²) in [6.45, 7) is 1.88. The number of carbonyl (C=O) groups excluding carboxylic acids is 2. The largest absolute Gasteiger partial charge is 0.379 e. The van der Waals surface area contributed by atoms with Crippen LogP contribution in [0, 0.1) is 12.8 Å². The van der Waals surface area contributed by atoms with Gasteiger partial charge in [0.2, 0.25) is 5.91 Å². The summed E-state index contributed by atoms with van der Waals surface area (Å²) in [4.78, 5) is 34.9. The topological polar surface area (TPSA) is 93.2 Å². The number of carbonyl (C=O) groups is 2. The molecule has 2 heterocycles. The van der Waals surface area contributed by atoms with E-state index in [4.69, 9.17) is 9.02 Å². The molecule has 9 heteroatoms. The Hall–Kier alpha value is -4.47. The van der Waals surface area contributed by atoms with Crippen LogP contribution in [-0.4, -0.2) is 26.3 Å². The quantitative estimate of drug-likeness (QED) is 0.256. The number of nitrogens with zero attached hydrogens (tertiary/aromatic N) is 2. The van der Waals surface area contributed by atoms with Crippen LogP contribution < -0.4 is 14.1 Å². The van der Waals surface area contributed by atoms with Gasteiger partial charge in [0.15, 0.2) is 6.10 Å². The highest BCUT2D eigenvalue weighted by molar-refractivity contribution is 7.87. The summed E-state index contributed by atoms with van der Waals surface area (Å²) in [6, 6.07) is 29.8. The van der Waals surface area contributed by atoms with Crippen molar-refractivity contribution in [2.75, 3.05) is 9.96 Å². The number of hydroxylamine groups is 1. The van der Waals surface area contributed by atoms with E-state index in [1.807, 2.05) is 31.2 Å². The summed E-state index contributed by atoms with van der Waals surface area (Å²) in [5.74, 6) is -1.80.